The van der Waals surface area contributed by atoms with Crippen LogP contribution in [0, 0.1) is 5.92 Å². The summed E-state index contributed by atoms with van der Waals surface area (Å²) in [5.74, 6) is -1.28. The van der Waals surface area contributed by atoms with Gasteiger partial charge < -0.3 is 10.4 Å². The average molecular weight is 266 g/mol. The highest BCUT2D eigenvalue weighted by molar-refractivity contribution is 5.81. The Hall–Kier alpha value is -1.16. The molecule has 2 N–H and O–H groups in total. The van der Waals surface area contributed by atoms with Gasteiger partial charge in [0.05, 0.1) is 12.0 Å². The number of carboxylic acid groups (broad SMARTS) is 1. The van der Waals surface area contributed by atoms with Gasteiger partial charge in [0.2, 0.25) is 0 Å². The first kappa shape index (κ1) is 15.9. The molecule has 0 saturated heterocycles. The maximum Gasteiger partial charge on any atom is 0.312 e. The first-order valence-electron chi connectivity index (χ1n) is 7.42. The Kier molecular flexibility index (Phi) is 8.14. The lowest BCUT2D eigenvalue weighted by molar-refractivity contribution is -0.140. The molecule has 2 atom stereocenters. The van der Waals surface area contributed by atoms with Gasteiger partial charge in [-0.3, -0.25) is 9.79 Å². The number of carboxylic acids is 1. The molecule has 1 aliphatic heterocycles. The summed E-state index contributed by atoms with van der Waals surface area (Å²) >= 11 is 0. The third-order valence-electron chi connectivity index (χ3n) is 3.46. The van der Waals surface area contributed by atoms with Crippen molar-refractivity contribution in [1.29, 1.82) is 0 Å². The Morgan fingerprint density at radius 2 is 1.89 bits per heavy atom. The molecule has 0 aromatic carbocycles. The fourth-order valence-corrected chi connectivity index (χ4v) is 2.26. The van der Waals surface area contributed by atoms with Gasteiger partial charge in [-0.15, -0.1) is 0 Å². The van der Waals surface area contributed by atoms with E-state index in [1.165, 1.54) is 38.5 Å². The summed E-state index contributed by atoms with van der Waals surface area (Å²) in [6, 6.07) is -0.164. The van der Waals surface area contributed by atoms with Crippen molar-refractivity contribution in [2.45, 2.75) is 57.9 Å². The van der Waals surface area contributed by atoms with Crippen LogP contribution in [0.4, 0.5) is 0 Å². The number of nitrogens with one attached hydrogen (secondary N) is 1. The van der Waals surface area contributed by atoms with E-state index in [1.54, 1.807) is 18.5 Å². The Morgan fingerprint density at radius 3 is 2.58 bits per heavy atom. The zero-order valence-electron chi connectivity index (χ0n) is 11.8. The van der Waals surface area contributed by atoms with Crippen LogP contribution in [0.2, 0.25) is 0 Å². The average Bonchev–Trinajstić information content (AvgIpc) is 2.42. The number of unbranched alkanes of at least 4 members (excludes halogenated alkanes) is 6. The van der Waals surface area contributed by atoms with Gasteiger partial charge in [0.15, 0.2) is 0 Å². The van der Waals surface area contributed by atoms with Gasteiger partial charge in [-0.2, -0.15) is 0 Å². The standard InChI is InChI=1S/C15H26N2O2/c1-2-3-4-5-6-7-8-10-17-14-12-16-11-9-13(14)15(18)19/h9,11-14,17H,2-8,10H2,1H3,(H,18,19). The molecule has 0 aromatic heterocycles. The first-order chi connectivity index (χ1) is 9.25. The van der Waals surface area contributed by atoms with Crippen LogP contribution < -0.4 is 5.32 Å². The molecule has 1 rings (SSSR count). The number of rotatable bonds is 10. The van der Waals surface area contributed by atoms with Crippen LogP contribution in [0.15, 0.2) is 17.3 Å². The predicted molar refractivity (Wildman–Crippen MR) is 78.5 cm³/mol. The van der Waals surface area contributed by atoms with Crippen molar-refractivity contribution in [3.63, 3.8) is 0 Å². The number of aliphatic imine (C=N–C) groups is 1. The van der Waals surface area contributed by atoms with E-state index >= 15 is 0 Å². The van der Waals surface area contributed by atoms with Crippen LogP contribution in [0.3, 0.4) is 0 Å². The highest BCUT2D eigenvalue weighted by atomic mass is 16.4. The fraction of sp³-hybridized carbons (Fsp3) is 0.733. The Bertz CT molecular complexity index is 313. The van der Waals surface area contributed by atoms with E-state index in [-0.39, 0.29) is 6.04 Å². The van der Waals surface area contributed by atoms with E-state index in [4.69, 9.17) is 5.11 Å². The highest BCUT2D eigenvalue weighted by Gasteiger charge is 2.25. The summed E-state index contributed by atoms with van der Waals surface area (Å²) in [4.78, 5) is 15.1. The summed E-state index contributed by atoms with van der Waals surface area (Å²) in [6.07, 6.45) is 13.8. The normalized spacial score (nSPS) is 21.7. The van der Waals surface area contributed by atoms with Crippen LogP contribution in [-0.2, 0) is 4.79 Å². The summed E-state index contributed by atoms with van der Waals surface area (Å²) < 4.78 is 0. The predicted octanol–water partition coefficient (Wildman–Crippen LogP) is 2.99. The maximum atomic E-state index is 11.0. The minimum atomic E-state index is -0.792. The van der Waals surface area contributed by atoms with Gasteiger partial charge in [0.25, 0.3) is 0 Å². The van der Waals surface area contributed by atoms with Crippen molar-refractivity contribution in [3.05, 3.63) is 12.3 Å². The smallest absolute Gasteiger partial charge is 0.312 e. The van der Waals surface area contributed by atoms with Gasteiger partial charge in [-0.25, -0.2) is 0 Å². The minimum Gasteiger partial charge on any atom is -0.481 e. The SMILES string of the molecule is CCCCCCCCCNC1C=NC=CC1C(=O)O. The molecule has 1 aliphatic rings. The zero-order valence-corrected chi connectivity index (χ0v) is 11.8. The minimum absolute atomic E-state index is 0.164. The van der Waals surface area contributed by atoms with Crippen LogP contribution in [-0.4, -0.2) is 29.9 Å². The molecule has 0 radical (unpaired) electrons. The molecule has 0 spiro atoms. The number of aliphatic carboxylic acids is 1. The molecule has 19 heavy (non-hydrogen) atoms. The topological polar surface area (TPSA) is 61.7 Å². The molecule has 0 saturated carbocycles. The lowest BCUT2D eigenvalue weighted by Gasteiger charge is -2.20. The molecular formula is C15H26N2O2. The summed E-state index contributed by atoms with van der Waals surface area (Å²) in [5, 5.41) is 12.4. The maximum absolute atomic E-state index is 11.0. The lowest BCUT2D eigenvalue weighted by atomic mass is 9.99. The molecule has 0 amide bonds. The van der Waals surface area contributed by atoms with Crippen molar-refractivity contribution in [2.75, 3.05) is 6.54 Å². The van der Waals surface area contributed by atoms with Gasteiger partial charge in [0, 0.05) is 12.4 Å². The second-order valence-electron chi connectivity index (χ2n) is 5.10. The molecule has 2 unspecified atom stereocenters. The first-order valence-corrected chi connectivity index (χ1v) is 7.42. The second kappa shape index (κ2) is 9.73. The van der Waals surface area contributed by atoms with Crippen molar-refractivity contribution < 1.29 is 9.90 Å². The second-order valence-corrected chi connectivity index (χ2v) is 5.10. The fourth-order valence-electron chi connectivity index (χ4n) is 2.26. The third-order valence-corrected chi connectivity index (χ3v) is 3.46. The number of hydrogen-bond donors (Lipinski definition) is 2. The van der Waals surface area contributed by atoms with Crippen molar-refractivity contribution >= 4 is 12.2 Å². The molecule has 0 aliphatic carbocycles. The monoisotopic (exact) mass is 266 g/mol. The van der Waals surface area contributed by atoms with Gasteiger partial charge in [0.1, 0.15) is 0 Å². The van der Waals surface area contributed by atoms with E-state index in [1.807, 2.05) is 0 Å². The Morgan fingerprint density at radius 1 is 1.21 bits per heavy atom. The molecule has 0 aromatic rings. The van der Waals surface area contributed by atoms with Crippen LogP contribution in [0.5, 0.6) is 0 Å². The van der Waals surface area contributed by atoms with Gasteiger partial charge >= 0.3 is 5.97 Å². The van der Waals surface area contributed by atoms with Crippen molar-refractivity contribution in [3.8, 4) is 0 Å². The molecule has 1 heterocycles. The van der Waals surface area contributed by atoms with E-state index in [0.29, 0.717) is 0 Å². The van der Waals surface area contributed by atoms with Crippen LogP contribution in [0.25, 0.3) is 0 Å². The number of hydrogen-bond acceptors (Lipinski definition) is 3. The molecular weight excluding hydrogens is 240 g/mol. The highest BCUT2D eigenvalue weighted by Crippen LogP contribution is 2.10. The zero-order chi connectivity index (χ0) is 13.9. The van der Waals surface area contributed by atoms with Crippen molar-refractivity contribution in [2.24, 2.45) is 10.9 Å². The van der Waals surface area contributed by atoms with Gasteiger partial charge in [-0.05, 0) is 13.0 Å². The molecule has 4 heteroatoms. The van der Waals surface area contributed by atoms with Crippen molar-refractivity contribution in [1.82, 2.24) is 5.32 Å². The molecule has 0 fully saturated rings. The summed E-state index contributed by atoms with van der Waals surface area (Å²) in [5.41, 5.74) is 0. The third kappa shape index (κ3) is 6.53. The quantitative estimate of drug-likeness (QED) is 0.597. The van der Waals surface area contributed by atoms with E-state index < -0.39 is 11.9 Å². The Labute approximate surface area is 116 Å². The van der Waals surface area contributed by atoms with Crippen LogP contribution >= 0.6 is 0 Å². The van der Waals surface area contributed by atoms with E-state index in [9.17, 15) is 4.79 Å². The summed E-state index contributed by atoms with van der Waals surface area (Å²) in [7, 11) is 0. The largest absolute Gasteiger partial charge is 0.481 e. The van der Waals surface area contributed by atoms with E-state index in [2.05, 4.69) is 17.2 Å². The lowest BCUT2D eigenvalue weighted by Crippen LogP contribution is -2.41. The van der Waals surface area contributed by atoms with Crippen LogP contribution in [0.1, 0.15) is 51.9 Å². The van der Waals surface area contributed by atoms with E-state index in [0.717, 1.165) is 13.0 Å². The summed E-state index contributed by atoms with van der Waals surface area (Å²) in [6.45, 7) is 3.09. The number of nitrogens with zero attached hydrogens (tertiary/aromatic N) is 1. The number of carbonyl (C=O) groups is 1. The molecule has 108 valence electrons. The molecule has 4 nitrogen and oxygen atoms in total. The molecule has 0 bridgehead atoms. The Balaban J connectivity index is 2.07. The van der Waals surface area contributed by atoms with Gasteiger partial charge in [-0.1, -0.05) is 51.5 Å².